The number of rotatable bonds is 3. The predicted molar refractivity (Wildman–Crippen MR) is 87.7 cm³/mol. The zero-order valence-electron chi connectivity index (χ0n) is 13.3. The second-order valence-electron chi connectivity index (χ2n) is 7.05. The minimum absolute atomic E-state index is 0.252. The van der Waals surface area contributed by atoms with Crippen LogP contribution in [-0.2, 0) is 11.2 Å². The van der Waals surface area contributed by atoms with E-state index in [0.29, 0.717) is 11.7 Å². The molecule has 21 heavy (non-hydrogen) atoms. The minimum atomic E-state index is 0.252. The number of Topliss-reactive ketones (excluding diaryl/α,β-unsaturated/α-hetero) is 1. The third-order valence-corrected chi connectivity index (χ3v) is 5.32. The first-order valence-corrected chi connectivity index (χ1v) is 8.53. The fraction of sp³-hybridized carbons (Fsp3) is 0.632. The summed E-state index contributed by atoms with van der Waals surface area (Å²) in [7, 11) is 0. The van der Waals surface area contributed by atoms with Crippen LogP contribution in [0.2, 0.25) is 0 Å². The molecule has 0 bridgehead atoms. The van der Waals surface area contributed by atoms with Gasteiger partial charge < -0.3 is 4.90 Å². The van der Waals surface area contributed by atoms with E-state index in [9.17, 15) is 4.79 Å². The number of fused-ring (bicyclic) bond motifs is 1. The molecule has 2 nitrogen and oxygen atoms in total. The van der Waals surface area contributed by atoms with Crippen LogP contribution in [0.3, 0.4) is 0 Å². The van der Waals surface area contributed by atoms with Gasteiger partial charge in [0.1, 0.15) is 5.78 Å². The van der Waals surface area contributed by atoms with Crippen LogP contribution in [0.4, 0.5) is 5.69 Å². The Balaban J connectivity index is 1.76. The average Bonchev–Trinajstić information content (AvgIpc) is 2.49. The van der Waals surface area contributed by atoms with Crippen molar-refractivity contribution < 1.29 is 4.79 Å². The topological polar surface area (TPSA) is 20.3 Å². The molecule has 1 aliphatic carbocycles. The zero-order valence-corrected chi connectivity index (χ0v) is 13.3. The first-order chi connectivity index (χ1) is 10.2. The Morgan fingerprint density at radius 2 is 2.10 bits per heavy atom. The Morgan fingerprint density at radius 3 is 2.90 bits per heavy atom. The van der Waals surface area contributed by atoms with Crippen LogP contribution in [0, 0.1) is 17.8 Å². The van der Waals surface area contributed by atoms with Crippen molar-refractivity contribution in [3.63, 3.8) is 0 Å². The molecule has 1 fully saturated rings. The van der Waals surface area contributed by atoms with Crippen molar-refractivity contribution in [2.45, 2.75) is 46.0 Å². The Bertz CT molecular complexity index is 510. The molecule has 0 N–H and O–H groups in total. The van der Waals surface area contributed by atoms with Crippen LogP contribution in [0.1, 0.15) is 45.1 Å². The summed E-state index contributed by atoms with van der Waals surface area (Å²) in [6, 6.07) is 8.73. The van der Waals surface area contributed by atoms with Gasteiger partial charge in [0.2, 0.25) is 0 Å². The highest BCUT2D eigenvalue weighted by molar-refractivity contribution is 5.82. The largest absolute Gasteiger partial charge is 0.370 e. The summed E-state index contributed by atoms with van der Waals surface area (Å²) in [5.74, 6) is 2.18. The standard InChI is InChI=1S/C19H27NO/c1-3-15-8-9-19(21)17(11-15)13-20-12-14(2)10-16-6-4-5-7-18(16)20/h4-7,14-15,17H,3,8-13H2,1-2H3. The van der Waals surface area contributed by atoms with Crippen molar-refractivity contribution in [3.8, 4) is 0 Å². The fourth-order valence-electron chi connectivity index (χ4n) is 4.09. The van der Waals surface area contributed by atoms with E-state index in [1.165, 1.54) is 24.1 Å². The summed E-state index contributed by atoms with van der Waals surface area (Å²) in [5, 5.41) is 0. The highest BCUT2D eigenvalue weighted by Gasteiger charge is 2.31. The quantitative estimate of drug-likeness (QED) is 0.834. The molecule has 1 saturated carbocycles. The summed E-state index contributed by atoms with van der Waals surface area (Å²) < 4.78 is 0. The number of carbonyl (C=O) groups is 1. The van der Waals surface area contributed by atoms with E-state index in [4.69, 9.17) is 0 Å². The number of anilines is 1. The number of ketones is 1. The molecule has 1 aromatic carbocycles. The van der Waals surface area contributed by atoms with Crippen molar-refractivity contribution in [2.24, 2.45) is 17.8 Å². The van der Waals surface area contributed by atoms with E-state index in [0.717, 1.165) is 38.3 Å². The normalized spacial score (nSPS) is 29.3. The van der Waals surface area contributed by atoms with Gasteiger partial charge in [-0.2, -0.15) is 0 Å². The molecule has 0 radical (unpaired) electrons. The number of benzene rings is 1. The lowest BCUT2D eigenvalue weighted by Crippen LogP contribution is -2.41. The maximum absolute atomic E-state index is 12.3. The van der Waals surface area contributed by atoms with Crippen LogP contribution in [0.15, 0.2) is 24.3 Å². The molecule has 3 atom stereocenters. The highest BCUT2D eigenvalue weighted by Crippen LogP contribution is 2.34. The Labute approximate surface area is 128 Å². The molecular formula is C19H27NO. The highest BCUT2D eigenvalue weighted by atomic mass is 16.1. The maximum atomic E-state index is 12.3. The first kappa shape index (κ1) is 14.6. The Hall–Kier alpha value is -1.31. The molecule has 0 amide bonds. The molecule has 3 rings (SSSR count). The predicted octanol–water partition coefficient (Wildman–Crippen LogP) is 4.08. The molecule has 2 heteroatoms. The van der Waals surface area contributed by atoms with Crippen molar-refractivity contribution in [1.29, 1.82) is 0 Å². The van der Waals surface area contributed by atoms with Gasteiger partial charge in [0.05, 0.1) is 0 Å². The van der Waals surface area contributed by atoms with E-state index in [-0.39, 0.29) is 5.92 Å². The summed E-state index contributed by atoms with van der Waals surface area (Å²) >= 11 is 0. The molecule has 114 valence electrons. The van der Waals surface area contributed by atoms with Gasteiger partial charge in [0, 0.05) is 31.1 Å². The fourth-order valence-corrected chi connectivity index (χ4v) is 4.09. The van der Waals surface area contributed by atoms with Crippen molar-refractivity contribution in [2.75, 3.05) is 18.0 Å². The van der Waals surface area contributed by atoms with Gasteiger partial charge >= 0.3 is 0 Å². The number of hydrogen-bond donors (Lipinski definition) is 0. The molecule has 0 saturated heterocycles. The van der Waals surface area contributed by atoms with E-state index < -0.39 is 0 Å². The molecule has 1 aliphatic heterocycles. The van der Waals surface area contributed by atoms with Crippen LogP contribution >= 0.6 is 0 Å². The molecule has 3 unspecified atom stereocenters. The van der Waals surface area contributed by atoms with Crippen LogP contribution in [0.5, 0.6) is 0 Å². The SMILES string of the molecule is CCC1CCC(=O)C(CN2CC(C)Cc3ccccc32)C1. The summed E-state index contributed by atoms with van der Waals surface area (Å²) in [4.78, 5) is 14.8. The smallest absolute Gasteiger partial charge is 0.137 e. The van der Waals surface area contributed by atoms with E-state index in [2.05, 4.69) is 43.0 Å². The minimum Gasteiger partial charge on any atom is -0.370 e. The maximum Gasteiger partial charge on any atom is 0.137 e. The van der Waals surface area contributed by atoms with Crippen LogP contribution < -0.4 is 4.90 Å². The molecule has 0 spiro atoms. The Kier molecular flexibility index (Phi) is 4.32. The molecule has 1 aromatic rings. The van der Waals surface area contributed by atoms with Crippen LogP contribution in [0.25, 0.3) is 0 Å². The van der Waals surface area contributed by atoms with E-state index >= 15 is 0 Å². The molecule has 1 heterocycles. The number of hydrogen-bond acceptors (Lipinski definition) is 2. The van der Waals surface area contributed by atoms with Crippen molar-refractivity contribution in [3.05, 3.63) is 29.8 Å². The molecule has 0 aromatic heterocycles. The van der Waals surface area contributed by atoms with Gasteiger partial charge in [-0.25, -0.2) is 0 Å². The monoisotopic (exact) mass is 285 g/mol. The Morgan fingerprint density at radius 1 is 1.29 bits per heavy atom. The lowest BCUT2D eigenvalue weighted by molar-refractivity contribution is -0.125. The number of para-hydroxylation sites is 1. The second-order valence-corrected chi connectivity index (χ2v) is 7.05. The zero-order chi connectivity index (χ0) is 14.8. The number of nitrogens with zero attached hydrogens (tertiary/aromatic N) is 1. The third kappa shape index (κ3) is 3.14. The van der Waals surface area contributed by atoms with Gasteiger partial charge in [-0.1, -0.05) is 38.5 Å². The lowest BCUT2D eigenvalue weighted by Gasteiger charge is -2.38. The van der Waals surface area contributed by atoms with Gasteiger partial charge in [-0.05, 0) is 42.7 Å². The lowest BCUT2D eigenvalue weighted by atomic mass is 9.78. The van der Waals surface area contributed by atoms with Crippen molar-refractivity contribution in [1.82, 2.24) is 0 Å². The second kappa shape index (κ2) is 6.21. The summed E-state index contributed by atoms with van der Waals surface area (Å²) in [6.45, 7) is 6.60. The van der Waals surface area contributed by atoms with Gasteiger partial charge in [0.15, 0.2) is 0 Å². The summed E-state index contributed by atoms with van der Waals surface area (Å²) in [5.41, 5.74) is 2.81. The molecule has 2 aliphatic rings. The van der Waals surface area contributed by atoms with E-state index in [1.54, 1.807) is 0 Å². The van der Waals surface area contributed by atoms with E-state index in [1.807, 2.05) is 0 Å². The van der Waals surface area contributed by atoms with Gasteiger partial charge in [-0.15, -0.1) is 0 Å². The van der Waals surface area contributed by atoms with Crippen molar-refractivity contribution >= 4 is 11.5 Å². The number of carbonyl (C=O) groups excluding carboxylic acids is 1. The van der Waals surface area contributed by atoms with Crippen LogP contribution in [-0.4, -0.2) is 18.9 Å². The third-order valence-electron chi connectivity index (χ3n) is 5.32. The average molecular weight is 285 g/mol. The van der Waals surface area contributed by atoms with Gasteiger partial charge in [0.25, 0.3) is 0 Å². The first-order valence-electron chi connectivity index (χ1n) is 8.53. The summed E-state index contributed by atoms with van der Waals surface area (Å²) in [6.07, 6.45) is 5.40. The van der Waals surface area contributed by atoms with Gasteiger partial charge in [-0.3, -0.25) is 4.79 Å². The molecular weight excluding hydrogens is 258 g/mol.